The standard InChI is InChI=1S/C12H14N2OS/c1-9-2-3-12(15)10(4-9)5-13-6-11-7-14-8-16-11/h2-4,7-8,13,15H,5-6H2,1H3. The maximum Gasteiger partial charge on any atom is 0.120 e. The Morgan fingerprint density at radius 2 is 2.25 bits per heavy atom. The van der Waals surface area contributed by atoms with Crippen molar-refractivity contribution in [1.29, 1.82) is 0 Å². The van der Waals surface area contributed by atoms with Crippen LogP contribution >= 0.6 is 11.3 Å². The molecule has 84 valence electrons. The Labute approximate surface area is 98.8 Å². The van der Waals surface area contributed by atoms with Gasteiger partial charge in [0, 0.05) is 29.7 Å². The molecule has 2 rings (SSSR count). The quantitative estimate of drug-likeness (QED) is 0.854. The van der Waals surface area contributed by atoms with E-state index in [9.17, 15) is 5.11 Å². The Hall–Kier alpha value is -1.39. The molecule has 2 N–H and O–H groups in total. The van der Waals surface area contributed by atoms with E-state index in [2.05, 4.69) is 10.3 Å². The summed E-state index contributed by atoms with van der Waals surface area (Å²) < 4.78 is 0. The fourth-order valence-electron chi connectivity index (χ4n) is 1.51. The number of nitrogens with zero attached hydrogens (tertiary/aromatic N) is 1. The number of nitrogens with one attached hydrogen (secondary N) is 1. The molecule has 1 aromatic heterocycles. The SMILES string of the molecule is Cc1ccc(O)c(CNCc2cncs2)c1. The largest absolute Gasteiger partial charge is 0.508 e. The summed E-state index contributed by atoms with van der Waals surface area (Å²) in [6.45, 7) is 3.48. The first-order valence-electron chi connectivity index (χ1n) is 5.12. The molecular formula is C12H14N2OS. The summed E-state index contributed by atoms with van der Waals surface area (Å²) >= 11 is 1.63. The summed E-state index contributed by atoms with van der Waals surface area (Å²) in [7, 11) is 0. The van der Waals surface area contributed by atoms with Crippen LogP contribution in [0.1, 0.15) is 16.0 Å². The molecule has 0 amide bonds. The number of benzene rings is 1. The Balaban J connectivity index is 1.92. The maximum atomic E-state index is 9.64. The molecule has 1 aromatic carbocycles. The van der Waals surface area contributed by atoms with Crippen molar-refractivity contribution in [1.82, 2.24) is 10.3 Å². The van der Waals surface area contributed by atoms with E-state index in [1.807, 2.05) is 30.8 Å². The first-order chi connectivity index (χ1) is 7.75. The van der Waals surface area contributed by atoms with Crippen molar-refractivity contribution in [3.8, 4) is 5.75 Å². The van der Waals surface area contributed by atoms with E-state index in [1.54, 1.807) is 17.4 Å². The Kier molecular flexibility index (Phi) is 3.54. The number of hydrogen-bond donors (Lipinski definition) is 2. The summed E-state index contributed by atoms with van der Waals surface area (Å²) in [5, 5.41) is 12.9. The minimum Gasteiger partial charge on any atom is -0.508 e. The molecule has 0 aliphatic heterocycles. The molecule has 0 atom stereocenters. The van der Waals surface area contributed by atoms with Crippen LogP contribution < -0.4 is 5.32 Å². The third kappa shape index (κ3) is 2.81. The fourth-order valence-corrected chi connectivity index (χ4v) is 2.07. The molecule has 0 aliphatic carbocycles. The van der Waals surface area contributed by atoms with Crippen LogP contribution in [-0.4, -0.2) is 10.1 Å². The number of phenolic OH excluding ortho intramolecular Hbond substituents is 1. The van der Waals surface area contributed by atoms with E-state index in [4.69, 9.17) is 0 Å². The molecule has 0 aliphatic rings. The number of hydrogen-bond acceptors (Lipinski definition) is 4. The molecule has 2 aromatic rings. The zero-order valence-electron chi connectivity index (χ0n) is 9.10. The third-order valence-electron chi connectivity index (χ3n) is 2.33. The van der Waals surface area contributed by atoms with Crippen LogP contribution in [0.4, 0.5) is 0 Å². The maximum absolute atomic E-state index is 9.64. The molecule has 0 bridgehead atoms. The Morgan fingerprint density at radius 1 is 1.38 bits per heavy atom. The predicted octanol–water partition coefficient (Wildman–Crippen LogP) is 2.45. The Morgan fingerprint density at radius 3 is 3.00 bits per heavy atom. The van der Waals surface area contributed by atoms with Crippen LogP contribution in [0.3, 0.4) is 0 Å². The van der Waals surface area contributed by atoms with Crippen molar-refractivity contribution in [2.45, 2.75) is 20.0 Å². The topological polar surface area (TPSA) is 45.1 Å². The van der Waals surface area contributed by atoms with Crippen LogP contribution in [0.2, 0.25) is 0 Å². The zero-order valence-corrected chi connectivity index (χ0v) is 9.92. The van der Waals surface area contributed by atoms with Crippen molar-refractivity contribution in [3.05, 3.63) is 45.9 Å². The van der Waals surface area contributed by atoms with E-state index in [-0.39, 0.29) is 0 Å². The molecule has 16 heavy (non-hydrogen) atoms. The first kappa shape index (κ1) is 11.1. The Bertz CT molecular complexity index is 454. The van der Waals surface area contributed by atoms with Crippen LogP contribution in [0.5, 0.6) is 5.75 Å². The molecule has 4 heteroatoms. The molecule has 0 spiro atoms. The number of phenols is 1. The lowest BCUT2D eigenvalue weighted by Crippen LogP contribution is -2.11. The second-order valence-corrected chi connectivity index (χ2v) is 4.67. The molecular weight excluding hydrogens is 220 g/mol. The fraction of sp³-hybridized carbons (Fsp3) is 0.250. The number of aromatic nitrogens is 1. The summed E-state index contributed by atoms with van der Waals surface area (Å²) in [5.74, 6) is 0.349. The highest BCUT2D eigenvalue weighted by molar-refractivity contribution is 7.09. The normalized spacial score (nSPS) is 10.6. The zero-order chi connectivity index (χ0) is 11.4. The average Bonchev–Trinajstić information content (AvgIpc) is 2.76. The van der Waals surface area contributed by atoms with Gasteiger partial charge in [0.25, 0.3) is 0 Å². The second-order valence-electron chi connectivity index (χ2n) is 3.70. The molecule has 0 unspecified atom stereocenters. The summed E-state index contributed by atoms with van der Waals surface area (Å²) in [6.07, 6.45) is 1.85. The minimum atomic E-state index is 0.349. The summed E-state index contributed by atoms with van der Waals surface area (Å²) in [5.41, 5.74) is 3.91. The van der Waals surface area contributed by atoms with E-state index in [1.165, 1.54) is 4.88 Å². The lowest BCUT2D eigenvalue weighted by Gasteiger charge is -2.06. The molecule has 0 saturated heterocycles. The second kappa shape index (κ2) is 5.09. The van der Waals surface area contributed by atoms with Gasteiger partial charge in [0.1, 0.15) is 5.75 Å². The van der Waals surface area contributed by atoms with Gasteiger partial charge >= 0.3 is 0 Å². The van der Waals surface area contributed by atoms with E-state index < -0.39 is 0 Å². The molecule has 0 fully saturated rings. The van der Waals surface area contributed by atoms with Gasteiger partial charge in [-0.25, -0.2) is 0 Å². The summed E-state index contributed by atoms with van der Waals surface area (Å²) in [6, 6.07) is 5.63. The van der Waals surface area contributed by atoms with Crippen LogP contribution in [0, 0.1) is 6.92 Å². The van der Waals surface area contributed by atoms with E-state index in [0.29, 0.717) is 12.3 Å². The number of aryl methyl sites for hydroxylation is 1. The van der Waals surface area contributed by atoms with Crippen molar-refractivity contribution >= 4 is 11.3 Å². The molecule has 0 radical (unpaired) electrons. The summed E-state index contributed by atoms with van der Waals surface area (Å²) in [4.78, 5) is 5.21. The number of aromatic hydroxyl groups is 1. The van der Waals surface area contributed by atoms with Crippen molar-refractivity contribution in [3.63, 3.8) is 0 Å². The van der Waals surface area contributed by atoms with Crippen molar-refractivity contribution in [2.24, 2.45) is 0 Å². The van der Waals surface area contributed by atoms with Gasteiger partial charge in [0.05, 0.1) is 5.51 Å². The van der Waals surface area contributed by atoms with Gasteiger partial charge < -0.3 is 10.4 Å². The van der Waals surface area contributed by atoms with Gasteiger partial charge in [0.15, 0.2) is 0 Å². The van der Waals surface area contributed by atoms with Gasteiger partial charge in [-0.15, -0.1) is 11.3 Å². The van der Waals surface area contributed by atoms with Gasteiger partial charge in [-0.3, -0.25) is 4.98 Å². The monoisotopic (exact) mass is 234 g/mol. The molecule has 3 nitrogen and oxygen atoms in total. The van der Waals surface area contributed by atoms with Gasteiger partial charge in [-0.05, 0) is 13.0 Å². The number of thiazole rings is 1. The van der Waals surface area contributed by atoms with Crippen LogP contribution in [0.25, 0.3) is 0 Å². The molecule has 1 heterocycles. The highest BCUT2D eigenvalue weighted by Crippen LogP contribution is 2.18. The highest BCUT2D eigenvalue weighted by atomic mass is 32.1. The first-order valence-corrected chi connectivity index (χ1v) is 6.00. The van der Waals surface area contributed by atoms with Gasteiger partial charge in [0.2, 0.25) is 0 Å². The lowest BCUT2D eigenvalue weighted by molar-refractivity contribution is 0.464. The van der Waals surface area contributed by atoms with Crippen molar-refractivity contribution < 1.29 is 5.11 Å². The number of rotatable bonds is 4. The molecule has 0 saturated carbocycles. The van der Waals surface area contributed by atoms with Gasteiger partial charge in [-0.2, -0.15) is 0 Å². The smallest absolute Gasteiger partial charge is 0.120 e. The third-order valence-corrected chi connectivity index (χ3v) is 3.11. The average molecular weight is 234 g/mol. The van der Waals surface area contributed by atoms with Crippen LogP contribution in [-0.2, 0) is 13.1 Å². The van der Waals surface area contributed by atoms with Crippen LogP contribution in [0.15, 0.2) is 29.9 Å². The highest BCUT2D eigenvalue weighted by Gasteiger charge is 2.01. The van der Waals surface area contributed by atoms with Gasteiger partial charge in [-0.1, -0.05) is 17.7 Å². The lowest BCUT2D eigenvalue weighted by atomic mass is 10.1. The van der Waals surface area contributed by atoms with E-state index in [0.717, 1.165) is 17.7 Å². The predicted molar refractivity (Wildman–Crippen MR) is 65.5 cm³/mol. The minimum absolute atomic E-state index is 0.349. The van der Waals surface area contributed by atoms with Crippen molar-refractivity contribution in [2.75, 3.05) is 0 Å². The van der Waals surface area contributed by atoms with E-state index >= 15 is 0 Å².